The van der Waals surface area contributed by atoms with Gasteiger partial charge in [-0.3, -0.25) is 4.98 Å². The number of urea groups is 1. The van der Waals surface area contributed by atoms with Gasteiger partial charge in [-0.05, 0) is 6.07 Å². The second kappa shape index (κ2) is 3.02. The number of anilines is 1. The molecule has 0 saturated carbocycles. The van der Waals surface area contributed by atoms with Crippen LogP contribution in [0.3, 0.4) is 0 Å². The molecule has 2 aromatic rings. The van der Waals surface area contributed by atoms with E-state index in [1.165, 1.54) is 0 Å². The number of nitrogens with one attached hydrogen (secondary N) is 1. The molecule has 0 unspecified atom stereocenters. The zero-order valence-corrected chi connectivity index (χ0v) is 7.69. The standard InChI is InChI=1S/C9H10N4O/c1-13-5-7(12-9(10)14)6-2-3-11-4-8(6)13/h2-5H,1H3,(H3,10,12,14). The number of rotatable bonds is 1. The van der Waals surface area contributed by atoms with Gasteiger partial charge in [-0.25, -0.2) is 4.79 Å². The number of aromatic nitrogens is 2. The van der Waals surface area contributed by atoms with Crippen molar-refractivity contribution in [1.29, 1.82) is 0 Å². The zero-order chi connectivity index (χ0) is 10.1. The highest BCUT2D eigenvalue weighted by Crippen LogP contribution is 2.23. The molecule has 5 heteroatoms. The molecule has 14 heavy (non-hydrogen) atoms. The van der Waals surface area contributed by atoms with Crippen LogP contribution < -0.4 is 11.1 Å². The summed E-state index contributed by atoms with van der Waals surface area (Å²) in [6, 6.07) is 1.27. The molecule has 3 N–H and O–H groups in total. The molecule has 2 heterocycles. The summed E-state index contributed by atoms with van der Waals surface area (Å²) >= 11 is 0. The van der Waals surface area contributed by atoms with Crippen molar-refractivity contribution in [3.63, 3.8) is 0 Å². The number of aryl methyl sites for hydroxylation is 1. The number of nitrogens with zero attached hydrogens (tertiary/aromatic N) is 2. The van der Waals surface area contributed by atoms with E-state index in [1.807, 2.05) is 17.7 Å². The number of carbonyl (C=O) groups is 1. The Hall–Kier alpha value is -2.04. The van der Waals surface area contributed by atoms with Crippen molar-refractivity contribution in [3.05, 3.63) is 24.7 Å². The first kappa shape index (κ1) is 8.55. The summed E-state index contributed by atoms with van der Waals surface area (Å²) in [6.07, 6.45) is 5.22. The molecule has 0 aliphatic carbocycles. The summed E-state index contributed by atoms with van der Waals surface area (Å²) in [7, 11) is 1.89. The molecule has 2 amide bonds. The number of nitrogens with two attached hydrogens (primary N) is 1. The van der Waals surface area contributed by atoms with Crippen LogP contribution in [0.5, 0.6) is 0 Å². The van der Waals surface area contributed by atoms with Gasteiger partial charge in [-0.15, -0.1) is 0 Å². The molecule has 2 rings (SSSR count). The van der Waals surface area contributed by atoms with Crippen LogP contribution in [0, 0.1) is 0 Å². The van der Waals surface area contributed by atoms with Crippen molar-refractivity contribution in [2.45, 2.75) is 0 Å². The van der Waals surface area contributed by atoms with Crippen LogP contribution in [-0.2, 0) is 7.05 Å². The van der Waals surface area contributed by atoms with Gasteiger partial charge >= 0.3 is 6.03 Å². The van der Waals surface area contributed by atoms with Gasteiger partial charge < -0.3 is 15.6 Å². The Morgan fingerprint density at radius 2 is 2.43 bits per heavy atom. The smallest absolute Gasteiger partial charge is 0.316 e. The minimum absolute atomic E-state index is 0.561. The molecule has 72 valence electrons. The molecule has 0 aromatic carbocycles. The fourth-order valence-electron chi connectivity index (χ4n) is 1.46. The van der Waals surface area contributed by atoms with Crippen LogP contribution in [0.2, 0.25) is 0 Å². The first-order valence-electron chi connectivity index (χ1n) is 4.14. The first-order valence-corrected chi connectivity index (χ1v) is 4.14. The van der Waals surface area contributed by atoms with Gasteiger partial charge in [-0.1, -0.05) is 0 Å². The fraction of sp³-hybridized carbons (Fsp3) is 0.111. The van der Waals surface area contributed by atoms with Crippen LogP contribution >= 0.6 is 0 Å². The normalized spacial score (nSPS) is 10.4. The lowest BCUT2D eigenvalue weighted by Gasteiger charge is -1.97. The summed E-state index contributed by atoms with van der Waals surface area (Å²) in [5.74, 6) is 0. The molecule has 5 nitrogen and oxygen atoms in total. The second-order valence-corrected chi connectivity index (χ2v) is 3.04. The van der Waals surface area contributed by atoms with E-state index in [4.69, 9.17) is 5.73 Å². The van der Waals surface area contributed by atoms with E-state index in [0.29, 0.717) is 5.69 Å². The Kier molecular flexibility index (Phi) is 1.85. The van der Waals surface area contributed by atoms with Crippen LogP contribution in [0.1, 0.15) is 0 Å². The van der Waals surface area contributed by atoms with Gasteiger partial charge in [0.05, 0.1) is 17.4 Å². The van der Waals surface area contributed by atoms with Crippen molar-refractivity contribution in [2.24, 2.45) is 12.8 Å². The summed E-state index contributed by atoms with van der Waals surface area (Å²) in [5.41, 5.74) is 6.71. The lowest BCUT2D eigenvalue weighted by Crippen LogP contribution is -2.18. The number of hydrogen-bond acceptors (Lipinski definition) is 2. The highest BCUT2D eigenvalue weighted by Gasteiger charge is 2.06. The Morgan fingerprint density at radius 3 is 3.14 bits per heavy atom. The first-order chi connectivity index (χ1) is 6.68. The summed E-state index contributed by atoms with van der Waals surface area (Å²) in [4.78, 5) is 14.7. The second-order valence-electron chi connectivity index (χ2n) is 3.04. The van der Waals surface area contributed by atoms with Crippen molar-refractivity contribution in [1.82, 2.24) is 9.55 Å². The number of hydrogen-bond donors (Lipinski definition) is 2. The maximum Gasteiger partial charge on any atom is 0.316 e. The van der Waals surface area contributed by atoms with E-state index in [2.05, 4.69) is 10.3 Å². The van der Waals surface area contributed by atoms with Crippen LogP contribution in [0.25, 0.3) is 10.9 Å². The van der Waals surface area contributed by atoms with E-state index in [1.54, 1.807) is 18.6 Å². The van der Waals surface area contributed by atoms with Gasteiger partial charge in [0.2, 0.25) is 0 Å². The lowest BCUT2D eigenvalue weighted by atomic mass is 10.3. The Bertz CT molecular complexity index is 489. The summed E-state index contributed by atoms with van der Waals surface area (Å²) in [5, 5.41) is 3.49. The molecule has 0 spiro atoms. The predicted molar refractivity (Wildman–Crippen MR) is 53.9 cm³/mol. The van der Waals surface area contributed by atoms with Gasteiger partial charge in [0.1, 0.15) is 0 Å². The monoisotopic (exact) mass is 190 g/mol. The van der Waals surface area contributed by atoms with Gasteiger partial charge in [0.15, 0.2) is 0 Å². The number of pyridine rings is 1. The van der Waals surface area contributed by atoms with E-state index in [-0.39, 0.29) is 0 Å². The highest BCUT2D eigenvalue weighted by molar-refractivity contribution is 6.00. The summed E-state index contributed by atoms with van der Waals surface area (Å²) < 4.78 is 1.88. The Balaban J connectivity index is 2.60. The van der Waals surface area contributed by atoms with E-state index in [0.717, 1.165) is 10.9 Å². The fourth-order valence-corrected chi connectivity index (χ4v) is 1.46. The largest absolute Gasteiger partial charge is 0.351 e. The summed E-state index contributed by atoms with van der Waals surface area (Å²) in [6.45, 7) is 0. The van der Waals surface area contributed by atoms with E-state index >= 15 is 0 Å². The zero-order valence-electron chi connectivity index (χ0n) is 7.69. The molecule has 0 bridgehead atoms. The predicted octanol–water partition coefficient (Wildman–Crippen LogP) is 1.06. The molecule has 0 aliphatic heterocycles. The van der Waals surface area contributed by atoms with Crippen molar-refractivity contribution in [3.8, 4) is 0 Å². The van der Waals surface area contributed by atoms with Gasteiger partial charge in [0, 0.05) is 24.8 Å². The molecule has 0 radical (unpaired) electrons. The third-order valence-electron chi connectivity index (χ3n) is 2.05. The number of fused-ring (bicyclic) bond motifs is 1. The van der Waals surface area contributed by atoms with Gasteiger partial charge in [0.25, 0.3) is 0 Å². The Morgan fingerprint density at radius 1 is 1.64 bits per heavy atom. The minimum atomic E-state index is -0.561. The lowest BCUT2D eigenvalue weighted by molar-refractivity contribution is 0.259. The SMILES string of the molecule is Cn1cc(NC(N)=O)c2ccncc21. The molecular weight excluding hydrogens is 180 g/mol. The number of amides is 2. The average Bonchev–Trinajstić information content (AvgIpc) is 2.44. The number of primary amides is 1. The molecule has 0 aliphatic rings. The maximum absolute atomic E-state index is 10.7. The number of carbonyl (C=O) groups excluding carboxylic acids is 1. The van der Waals surface area contributed by atoms with Crippen molar-refractivity contribution >= 4 is 22.6 Å². The van der Waals surface area contributed by atoms with E-state index < -0.39 is 6.03 Å². The molecule has 0 atom stereocenters. The molecule has 0 saturated heterocycles. The topological polar surface area (TPSA) is 72.9 Å². The van der Waals surface area contributed by atoms with E-state index in [9.17, 15) is 4.79 Å². The maximum atomic E-state index is 10.7. The van der Waals surface area contributed by atoms with Gasteiger partial charge in [-0.2, -0.15) is 0 Å². The third-order valence-corrected chi connectivity index (χ3v) is 2.05. The minimum Gasteiger partial charge on any atom is -0.351 e. The molecule has 0 fully saturated rings. The van der Waals surface area contributed by atoms with Crippen LogP contribution in [0.15, 0.2) is 24.7 Å². The van der Waals surface area contributed by atoms with Crippen molar-refractivity contribution in [2.75, 3.05) is 5.32 Å². The average molecular weight is 190 g/mol. The quantitative estimate of drug-likeness (QED) is 0.705. The molecular formula is C9H10N4O. The Labute approximate surface area is 80.5 Å². The third kappa shape index (κ3) is 1.28. The van der Waals surface area contributed by atoms with Crippen LogP contribution in [0.4, 0.5) is 10.5 Å². The highest BCUT2D eigenvalue weighted by atomic mass is 16.2. The molecule has 2 aromatic heterocycles. The van der Waals surface area contributed by atoms with Crippen molar-refractivity contribution < 1.29 is 4.79 Å². The van der Waals surface area contributed by atoms with Crippen LogP contribution in [-0.4, -0.2) is 15.6 Å².